The molecule has 25 heavy (non-hydrogen) atoms. The van der Waals surface area contributed by atoms with Crippen LogP contribution in [-0.2, 0) is 14.3 Å². The second-order valence-corrected chi connectivity index (χ2v) is 6.72. The standard InChI is InChI=1S/C18H24ClNO5/c1-11-9-14(3-4-16(11)19)25-12(2)17(21)20-10-15(18(22)23)13-5-7-24-8-6-13/h3-4,9,12-13,15H,5-8,10H2,1-2H3,(H,20,21)(H,22,23). The Morgan fingerprint density at radius 2 is 2.08 bits per heavy atom. The lowest BCUT2D eigenvalue weighted by molar-refractivity contribution is -0.145. The van der Waals surface area contributed by atoms with Crippen molar-refractivity contribution < 1.29 is 24.2 Å². The molecule has 1 aromatic rings. The number of rotatable bonds is 7. The Labute approximate surface area is 152 Å². The van der Waals surface area contributed by atoms with E-state index >= 15 is 0 Å². The second-order valence-electron chi connectivity index (χ2n) is 6.31. The zero-order valence-electron chi connectivity index (χ0n) is 14.5. The average molecular weight is 370 g/mol. The Kier molecular flexibility index (Phi) is 7.08. The van der Waals surface area contributed by atoms with E-state index in [-0.39, 0.29) is 18.4 Å². The van der Waals surface area contributed by atoms with E-state index in [4.69, 9.17) is 21.1 Å². The molecule has 2 atom stereocenters. The van der Waals surface area contributed by atoms with Crippen molar-refractivity contribution in [2.75, 3.05) is 19.8 Å². The number of carbonyl (C=O) groups is 2. The van der Waals surface area contributed by atoms with Crippen molar-refractivity contribution in [1.29, 1.82) is 0 Å². The van der Waals surface area contributed by atoms with Gasteiger partial charge in [-0.15, -0.1) is 0 Å². The lowest BCUT2D eigenvalue weighted by Crippen LogP contribution is -2.43. The Balaban J connectivity index is 1.88. The van der Waals surface area contributed by atoms with Crippen LogP contribution in [0.5, 0.6) is 5.75 Å². The van der Waals surface area contributed by atoms with E-state index in [0.29, 0.717) is 36.8 Å². The monoisotopic (exact) mass is 369 g/mol. The smallest absolute Gasteiger partial charge is 0.308 e. The molecule has 1 aliphatic heterocycles. The van der Waals surface area contributed by atoms with Gasteiger partial charge in [-0.05, 0) is 56.4 Å². The molecule has 2 unspecified atom stereocenters. The molecule has 0 radical (unpaired) electrons. The highest BCUT2D eigenvalue weighted by Gasteiger charge is 2.30. The molecule has 0 aromatic heterocycles. The Hall–Kier alpha value is -1.79. The van der Waals surface area contributed by atoms with Gasteiger partial charge in [0.15, 0.2) is 6.10 Å². The normalized spacial score (nSPS) is 17.6. The number of hydrogen-bond acceptors (Lipinski definition) is 4. The zero-order valence-corrected chi connectivity index (χ0v) is 15.2. The number of carboxylic acid groups (broad SMARTS) is 1. The third-order valence-electron chi connectivity index (χ3n) is 4.46. The predicted octanol–water partition coefficient (Wildman–Crippen LogP) is 2.66. The SMILES string of the molecule is Cc1cc(OC(C)C(=O)NCC(C(=O)O)C2CCOCC2)ccc1Cl. The van der Waals surface area contributed by atoms with Crippen molar-refractivity contribution in [1.82, 2.24) is 5.32 Å². The van der Waals surface area contributed by atoms with E-state index in [2.05, 4.69) is 5.32 Å². The van der Waals surface area contributed by atoms with Gasteiger partial charge in [-0.25, -0.2) is 0 Å². The number of aryl methyl sites for hydroxylation is 1. The van der Waals surface area contributed by atoms with Crippen LogP contribution >= 0.6 is 11.6 Å². The van der Waals surface area contributed by atoms with Crippen LogP contribution in [0.4, 0.5) is 0 Å². The summed E-state index contributed by atoms with van der Waals surface area (Å²) in [6.07, 6.45) is 0.663. The Morgan fingerprint density at radius 3 is 2.68 bits per heavy atom. The highest BCUT2D eigenvalue weighted by Crippen LogP contribution is 2.24. The van der Waals surface area contributed by atoms with Gasteiger partial charge in [0.1, 0.15) is 5.75 Å². The maximum Gasteiger partial charge on any atom is 0.308 e. The van der Waals surface area contributed by atoms with Crippen LogP contribution in [0.1, 0.15) is 25.3 Å². The molecule has 1 amide bonds. The summed E-state index contributed by atoms with van der Waals surface area (Å²) in [5.74, 6) is -1.29. The van der Waals surface area contributed by atoms with Gasteiger partial charge >= 0.3 is 5.97 Å². The van der Waals surface area contributed by atoms with Crippen LogP contribution in [0, 0.1) is 18.8 Å². The molecule has 0 saturated carbocycles. The molecular formula is C18H24ClNO5. The van der Waals surface area contributed by atoms with Gasteiger partial charge in [-0.3, -0.25) is 9.59 Å². The van der Waals surface area contributed by atoms with Gasteiger partial charge < -0.3 is 19.9 Å². The van der Waals surface area contributed by atoms with E-state index < -0.39 is 18.0 Å². The molecular weight excluding hydrogens is 346 g/mol. The van der Waals surface area contributed by atoms with Gasteiger partial charge in [0.05, 0.1) is 5.92 Å². The molecule has 1 fully saturated rings. The minimum Gasteiger partial charge on any atom is -0.481 e. The molecule has 1 heterocycles. The summed E-state index contributed by atoms with van der Waals surface area (Å²) in [7, 11) is 0. The fraction of sp³-hybridized carbons (Fsp3) is 0.556. The molecule has 0 aliphatic carbocycles. The van der Waals surface area contributed by atoms with E-state index in [1.165, 1.54) is 0 Å². The highest BCUT2D eigenvalue weighted by molar-refractivity contribution is 6.31. The molecule has 1 saturated heterocycles. The van der Waals surface area contributed by atoms with Crippen molar-refractivity contribution in [2.45, 2.75) is 32.8 Å². The number of halogens is 1. The van der Waals surface area contributed by atoms with Crippen LogP contribution in [0.3, 0.4) is 0 Å². The van der Waals surface area contributed by atoms with Gasteiger partial charge in [0.2, 0.25) is 0 Å². The number of amides is 1. The maximum absolute atomic E-state index is 12.2. The number of aliphatic carboxylic acids is 1. The van der Waals surface area contributed by atoms with Gasteiger partial charge in [0.25, 0.3) is 5.91 Å². The van der Waals surface area contributed by atoms with Crippen molar-refractivity contribution in [3.8, 4) is 5.75 Å². The van der Waals surface area contributed by atoms with Crippen LogP contribution in [0.15, 0.2) is 18.2 Å². The van der Waals surface area contributed by atoms with Crippen LogP contribution in [-0.4, -0.2) is 42.8 Å². The zero-order chi connectivity index (χ0) is 18.4. The number of nitrogens with one attached hydrogen (secondary N) is 1. The number of carboxylic acids is 1. The minimum absolute atomic E-state index is 0.0155. The first kappa shape index (κ1) is 19.5. The van der Waals surface area contributed by atoms with Gasteiger partial charge in [-0.1, -0.05) is 11.6 Å². The first-order valence-corrected chi connectivity index (χ1v) is 8.77. The predicted molar refractivity (Wildman–Crippen MR) is 94.0 cm³/mol. The molecule has 2 N–H and O–H groups in total. The summed E-state index contributed by atoms with van der Waals surface area (Å²) in [6, 6.07) is 5.16. The van der Waals surface area contributed by atoms with Crippen molar-refractivity contribution in [3.63, 3.8) is 0 Å². The Bertz CT molecular complexity index is 615. The van der Waals surface area contributed by atoms with E-state index in [1.54, 1.807) is 25.1 Å². The van der Waals surface area contributed by atoms with Gasteiger partial charge in [-0.2, -0.15) is 0 Å². The summed E-state index contributed by atoms with van der Waals surface area (Å²) in [6.45, 7) is 4.70. The number of hydrogen-bond donors (Lipinski definition) is 2. The fourth-order valence-electron chi connectivity index (χ4n) is 2.88. The molecule has 6 nitrogen and oxygen atoms in total. The number of ether oxygens (including phenoxy) is 2. The fourth-order valence-corrected chi connectivity index (χ4v) is 2.99. The molecule has 2 rings (SSSR count). The van der Waals surface area contributed by atoms with Crippen LogP contribution in [0.2, 0.25) is 5.02 Å². The molecule has 1 aliphatic rings. The largest absolute Gasteiger partial charge is 0.481 e. The summed E-state index contributed by atoms with van der Waals surface area (Å²) in [5.41, 5.74) is 0.859. The highest BCUT2D eigenvalue weighted by atomic mass is 35.5. The molecule has 0 bridgehead atoms. The molecule has 1 aromatic carbocycles. The maximum atomic E-state index is 12.2. The van der Waals surface area contributed by atoms with Crippen LogP contribution < -0.4 is 10.1 Å². The average Bonchev–Trinajstić information content (AvgIpc) is 2.58. The molecule has 7 heteroatoms. The third kappa shape index (κ3) is 5.61. The topological polar surface area (TPSA) is 84.9 Å². The summed E-state index contributed by atoms with van der Waals surface area (Å²) < 4.78 is 10.9. The summed E-state index contributed by atoms with van der Waals surface area (Å²) in [4.78, 5) is 23.7. The van der Waals surface area contributed by atoms with Gasteiger partial charge in [0, 0.05) is 24.8 Å². The van der Waals surface area contributed by atoms with Crippen LogP contribution in [0.25, 0.3) is 0 Å². The first-order chi connectivity index (χ1) is 11.9. The number of carbonyl (C=O) groups excluding carboxylic acids is 1. The van der Waals surface area contributed by atoms with Crippen molar-refractivity contribution >= 4 is 23.5 Å². The van der Waals surface area contributed by atoms with E-state index in [0.717, 1.165) is 5.56 Å². The summed E-state index contributed by atoms with van der Waals surface area (Å²) in [5, 5.41) is 12.8. The van der Waals surface area contributed by atoms with Crippen molar-refractivity contribution in [3.05, 3.63) is 28.8 Å². The second kappa shape index (κ2) is 9.06. The third-order valence-corrected chi connectivity index (χ3v) is 4.88. The molecule has 138 valence electrons. The lowest BCUT2D eigenvalue weighted by atomic mass is 9.86. The Morgan fingerprint density at radius 1 is 1.40 bits per heavy atom. The number of benzene rings is 1. The van der Waals surface area contributed by atoms with Crippen molar-refractivity contribution in [2.24, 2.45) is 11.8 Å². The quantitative estimate of drug-likeness (QED) is 0.771. The van der Waals surface area contributed by atoms with E-state index in [1.807, 2.05) is 6.92 Å². The lowest BCUT2D eigenvalue weighted by Gasteiger charge is -2.28. The summed E-state index contributed by atoms with van der Waals surface area (Å²) >= 11 is 5.97. The molecule has 0 spiro atoms. The first-order valence-electron chi connectivity index (χ1n) is 8.39. The minimum atomic E-state index is -0.894. The van der Waals surface area contributed by atoms with E-state index in [9.17, 15) is 14.7 Å².